The van der Waals surface area contributed by atoms with Crippen LogP contribution in [0.1, 0.15) is 13.3 Å². The van der Waals surface area contributed by atoms with Gasteiger partial charge in [0.05, 0.1) is 17.3 Å². The number of benzene rings is 1. The second kappa shape index (κ2) is 6.89. The van der Waals surface area contributed by atoms with Gasteiger partial charge in [-0.2, -0.15) is 0 Å². The minimum Gasteiger partial charge on any atom is -0.324 e. The number of carbonyl (C=O) groups excluding carboxylic acids is 1. The first kappa shape index (κ1) is 13.5. The monoisotopic (exact) mass is 304 g/mol. The van der Waals surface area contributed by atoms with Gasteiger partial charge in [0, 0.05) is 4.47 Å². The Morgan fingerprint density at radius 2 is 2.25 bits per heavy atom. The number of anilines is 1. The summed E-state index contributed by atoms with van der Waals surface area (Å²) in [6.45, 7) is 3.19. The molecule has 0 saturated heterocycles. The molecule has 88 valence electrons. The van der Waals surface area contributed by atoms with Crippen molar-refractivity contribution in [1.29, 1.82) is 0 Å². The molecule has 0 heterocycles. The fraction of sp³-hybridized carbons (Fsp3) is 0.364. The third kappa shape index (κ3) is 4.51. The molecule has 16 heavy (non-hydrogen) atoms. The summed E-state index contributed by atoms with van der Waals surface area (Å²) in [5, 5.41) is 6.29. The Balaban J connectivity index is 2.49. The third-order valence-electron chi connectivity index (χ3n) is 1.92. The van der Waals surface area contributed by atoms with Crippen molar-refractivity contribution in [3.63, 3.8) is 0 Å². The van der Waals surface area contributed by atoms with Crippen molar-refractivity contribution in [2.24, 2.45) is 0 Å². The van der Waals surface area contributed by atoms with E-state index in [9.17, 15) is 4.79 Å². The Kier molecular flexibility index (Phi) is 5.80. The Bertz CT molecular complexity index is 371. The van der Waals surface area contributed by atoms with Gasteiger partial charge < -0.3 is 10.6 Å². The van der Waals surface area contributed by atoms with E-state index in [1.165, 1.54) is 0 Å². The van der Waals surface area contributed by atoms with Gasteiger partial charge >= 0.3 is 0 Å². The SMILES string of the molecule is CCCNCC(=O)Nc1ccc(Br)cc1Cl. The topological polar surface area (TPSA) is 41.1 Å². The highest BCUT2D eigenvalue weighted by atomic mass is 79.9. The van der Waals surface area contributed by atoms with Crippen molar-refractivity contribution in [1.82, 2.24) is 5.32 Å². The maximum atomic E-state index is 11.5. The number of nitrogens with one attached hydrogen (secondary N) is 2. The van der Waals surface area contributed by atoms with Crippen LogP contribution in [0.3, 0.4) is 0 Å². The smallest absolute Gasteiger partial charge is 0.238 e. The van der Waals surface area contributed by atoms with Crippen molar-refractivity contribution in [2.45, 2.75) is 13.3 Å². The number of hydrogen-bond acceptors (Lipinski definition) is 2. The molecule has 1 aromatic rings. The lowest BCUT2D eigenvalue weighted by Gasteiger charge is -2.07. The minimum atomic E-state index is -0.0855. The largest absolute Gasteiger partial charge is 0.324 e. The zero-order chi connectivity index (χ0) is 12.0. The Hall–Kier alpha value is -0.580. The molecule has 1 amide bonds. The third-order valence-corrected chi connectivity index (χ3v) is 2.72. The Labute approximate surface area is 109 Å². The molecule has 0 aromatic heterocycles. The van der Waals surface area contributed by atoms with Crippen LogP contribution in [0, 0.1) is 0 Å². The van der Waals surface area contributed by atoms with Gasteiger partial charge in [0.25, 0.3) is 0 Å². The van der Waals surface area contributed by atoms with Gasteiger partial charge in [0.15, 0.2) is 0 Å². The van der Waals surface area contributed by atoms with Crippen LogP contribution in [0.5, 0.6) is 0 Å². The maximum Gasteiger partial charge on any atom is 0.238 e. The highest BCUT2D eigenvalue weighted by Crippen LogP contribution is 2.25. The molecule has 2 N–H and O–H groups in total. The van der Waals surface area contributed by atoms with Crippen molar-refractivity contribution < 1.29 is 4.79 Å². The molecular weight excluding hydrogens is 291 g/mol. The summed E-state index contributed by atoms with van der Waals surface area (Å²) in [7, 11) is 0. The van der Waals surface area contributed by atoms with Crippen LogP contribution < -0.4 is 10.6 Å². The van der Waals surface area contributed by atoms with E-state index in [1.54, 1.807) is 12.1 Å². The average molecular weight is 306 g/mol. The first-order valence-electron chi connectivity index (χ1n) is 5.09. The van der Waals surface area contributed by atoms with Crippen molar-refractivity contribution >= 4 is 39.1 Å². The van der Waals surface area contributed by atoms with Crippen LogP contribution in [0.2, 0.25) is 5.02 Å². The molecule has 0 radical (unpaired) electrons. The predicted octanol–water partition coefficient (Wildman–Crippen LogP) is 3.04. The summed E-state index contributed by atoms with van der Waals surface area (Å²) < 4.78 is 0.889. The molecule has 3 nitrogen and oxygen atoms in total. The molecule has 0 aliphatic rings. The molecule has 0 saturated carbocycles. The van der Waals surface area contributed by atoms with Crippen molar-refractivity contribution in [3.05, 3.63) is 27.7 Å². The van der Waals surface area contributed by atoms with E-state index in [0.717, 1.165) is 17.4 Å². The lowest BCUT2D eigenvalue weighted by molar-refractivity contribution is -0.115. The fourth-order valence-corrected chi connectivity index (χ4v) is 1.88. The van der Waals surface area contributed by atoms with Gasteiger partial charge in [-0.05, 0) is 31.2 Å². The minimum absolute atomic E-state index is 0.0855. The first-order valence-corrected chi connectivity index (χ1v) is 6.26. The van der Waals surface area contributed by atoms with Gasteiger partial charge in [0.2, 0.25) is 5.91 Å². The van der Waals surface area contributed by atoms with E-state index < -0.39 is 0 Å². The second-order valence-electron chi connectivity index (χ2n) is 3.35. The number of halogens is 2. The number of rotatable bonds is 5. The van der Waals surface area contributed by atoms with Crippen LogP contribution in [0.4, 0.5) is 5.69 Å². The zero-order valence-electron chi connectivity index (χ0n) is 9.02. The summed E-state index contributed by atoms with van der Waals surface area (Å²) >= 11 is 9.27. The van der Waals surface area contributed by atoms with Crippen LogP contribution in [-0.4, -0.2) is 19.0 Å². The average Bonchev–Trinajstić information content (AvgIpc) is 2.23. The van der Waals surface area contributed by atoms with E-state index in [4.69, 9.17) is 11.6 Å². The molecule has 0 spiro atoms. The van der Waals surface area contributed by atoms with E-state index in [2.05, 4.69) is 33.5 Å². The summed E-state index contributed by atoms with van der Waals surface area (Å²) in [5.41, 5.74) is 0.633. The fourth-order valence-electron chi connectivity index (χ4n) is 1.16. The Morgan fingerprint density at radius 1 is 1.50 bits per heavy atom. The molecule has 1 aromatic carbocycles. The molecule has 0 unspecified atom stereocenters. The van der Waals surface area contributed by atoms with Gasteiger partial charge in [0.1, 0.15) is 0 Å². The molecule has 0 atom stereocenters. The molecule has 0 aliphatic carbocycles. The number of amides is 1. The van der Waals surface area contributed by atoms with Gasteiger partial charge in [-0.25, -0.2) is 0 Å². The summed E-state index contributed by atoms with van der Waals surface area (Å²) in [6, 6.07) is 5.35. The predicted molar refractivity (Wildman–Crippen MR) is 70.9 cm³/mol. The van der Waals surface area contributed by atoms with Crippen molar-refractivity contribution in [2.75, 3.05) is 18.4 Å². The standard InChI is InChI=1S/C11H14BrClN2O/c1-2-5-14-7-11(16)15-10-4-3-8(12)6-9(10)13/h3-4,6,14H,2,5,7H2,1H3,(H,15,16). The van der Waals surface area contributed by atoms with Crippen LogP contribution in [0.15, 0.2) is 22.7 Å². The lowest BCUT2D eigenvalue weighted by Crippen LogP contribution is -2.28. The molecule has 0 aliphatic heterocycles. The first-order chi connectivity index (χ1) is 7.63. The summed E-state index contributed by atoms with van der Waals surface area (Å²) in [6.07, 6.45) is 1.01. The van der Waals surface area contributed by atoms with Gasteiger partial charge in [-0.15, -0.1) is 0 Å². The summed E-state index contributed by atoms with van der Waals surface area (Å²) in [4.78, 5) is 11.5. The molecule has 0 bridgehead atoms. The molecule has 0 fully saturated rings. The van der Waals surface area contributed by atoms with E-state index in [0.29, 0.717) is 17.3 Å². The maximum absolute atomic E-state index is 11.5. The normalized spacial score (nSPS) is 10.2. The van der Waals surface area contributed by atoms with E-state index in [-0.39, 0.29) is 5.91 Å². The second-order valence-corrected chi connectivity index (χ2v) is 4.67. The molecule has 5 heteroatoms. The van der Waals surface area contributed by atoms with E-state index in [1.807, 2.05) is 6.07 Å². The van der Waals surface area contributed by atoms with Crippen LogP contribution in [0.25, 0.3) is 0 Å². The molecule has 1 rings (SSSR count). The van der Waals surface area contributed by atoms with Crippen LogP contribution in [-0.2, 0) is 4.79 Å². The van der Waals surface area contributed by atoms with Crippen molar-refractivity contribution in [3.8, 4) is 0 Å². The van der Waals surface area contributed by atoms with Gasteiger partial charge in [-0.3, -0.25) is 4.79 Å². The highest BCUT2D eigenvalue weighted by molar-refractivity contribution is 9.10. The van der Waals surface area contributed by atoms with E-state index >= 15 is 0 Å². The lowest BCUT2D eigenvalue weighted by atomic mass is 10.3. The van der Waals surface area contributed by atoms with Gasteiger partial charge in [-0.1, -0.05) is 34.5 Å². The summed E-state index contributed by atoms with van der Waals surface area (Å²) in [5.74, 6) is -0.0855. The van der Waals surface area contributed by atoms with Crippen LogP contribution >= 0.6 is 27.5 Å². The number of carbonyl (C=O) groups is 1. The number of hydrogen-bond donors (Lipinski definition) is 2. The highest BCUT2D eigenvalue weighted by Gasteiger charge is 2.05. The quantitative estimate of drug-likeness (QED) is 0.821. The zero-order valence-corrected chi connectivity index (χ0v) is 11.4. The molecular formula is C11H14BrClN2O. The Morgan fingerprint density at radius 3 is 2.88 bits per heavy atom.